The molecule has 1 aromatic carbocycles. The van der Waals surface area contributed by atoms with E-state index in [1.165, 1.54) is 0 Å². The van der Waals surface area contributed by atoms with Crippen molar-refractivity contribution < 1.29 is 4.79 Å². The highest BCUT2D eigenvalue weighted by Crippen LogP contribution is 2.20. The summed E-state index contributed by atoms with van der Waals surface area (Å²) in [5.74, 6) is 0.0290. The van der Waals surface area contributed by atoms with Gasteiger partial charge in [-0.3, -0.25) is 9.78 Å². The predicted octanol–water partition coefficient (Wildman–Crippen LogP) is 2.96. The van der Waals surface area contributed by atoms with E-state index in [0.717, 1.165) is 15.7 Å². The number of nitrogens with one attached hydrogen (secondary N) is 2. The van der Waals surface area contributed by atoms with E-state index in [1.807, 2.05) is 36.4 Å². The Morgan fingerprint density at radius 2 is 1.90 bits per heavy atom. The number of carbonyl (C=O) groups excluding carboxylic acids is 1. The number of aromatic nitrogens is 1. The third-order valence-corrected chi connectivity index (χ3v) is 3.47. The van der Waals surface area contributed by atoms with Crippen molar-refractivity contribution in [3.8, 4) is 0 Å². The molecule has 0 radical (unpaired) electrons. The molecule has 0 aliphatic heterocycles. The van der Waals surface area contributed by atoms with Crippen molar-refractivity contribution in [2.24, 2.45) is 0 Å². The lowest BCUT2D eigenvalue weighted by Gasteiger charge is -2.08. The Bertz CT molecular complexity index is 560. The van der Waals surface area contributed by atoms with Crippen LogP contribution in [0.5, 0.6) is 0 Å². The molecule has 2 rings (SSSR count). The number of hydrogen-bond acceptors (Lipinski definition) is 3. The molecule has 0 atom stereocenters. The number of rotatable bonds is 6. The van der Waals surface area contributed by atoms with Gasteiger partial charge in [0.25, 0.3) is 0 Å². The zero-order valence-corrected chi connectivity index (χ0v) is 12.6. The number of halogens is 1. The molecule has 1 aromatic heterocycles. The molecular weight excluding hydrogens is 318 g/mol. The van der Waals surface area contributed by atoms with Crippen LogP contribution in [0.1, 0.15) is 12.0 Å². The molecule has 2 aromatic rings. The van der Waals surface area contributed by atoms with Crippen LogP contribution in [-0.4, -0.2) is 17.4 Å². The lowest BCUT2D eigenvalue weighted by molar-refractivity contribution is -0.121. The average Bonchev–Trinajstić information content (AvgIpc) is 2.48. The quantitative estimate of drug-likeness (QED) is 0.854. The van der Waals surface area contributed by atoms with Crippen LogP contribution in [0.25, 0.3) is 0 Å². The summed E-state index contributed by atoms with van der Waals surface area (Å²) >= 11 is 3.46. The molecule has 0 saturated carbocycles. The number of pyridine rings is 1. The molecule has 4 nitrogen and oxygen atoms in total. The number of hydrogen-bond donors (Lipinski definition) is 2. The van der Waals surface area contributed by atoms with E-state index in [1.54, 1.807) is 12.4 Å². The van der Waals surface area contributed by atoms with Crippen LogP contribution in [0, 0.1) is 0 Å². The van der Waals surface area contributed by atoms with Crippen molar-refractivity contribution >= 4 is 27.5 Å². The highest BCUT2D eigenvalue weighted by atomic mass is 79.9. The molecule has 0 bridgehead atoms. The molecule has 0 fully saturated rings. The van der Waals surface area contributed by atoms with Gasteiger partial charge in [-0.15, -0.1) is 0 Å². The summed E-state index contributed by atoms with van der Waals surface area (Å²) in [6.45, 7) is 1.14. The smallest absolute Gasteiger partial charge is 0.222 e. The third kappa shape index (κ3) is 4.66. The van der Waals surface area contributed by atoms with Crippen molar-refractivity contribution in [2.75, 3.05) is 11.9 Å². The van der Waals surface area contributed by atoms with Crippen LogP contribution in [0.4, 0.5) is 5.69 Å². The lowest BCUT2D eigenvalue weighted by Crippen LogP contribution is -2.24. The molecule has 1 heterocycles. The standard InChI is InChI=1S/C15H16BrN3O/c16-13-3-1-2-4-14(13)18-10-7-15(20)19-11-12-5-8-17-9-6-12/h1-6,8-9,18H,7,10-11H2,(H,19,20). The largest absolute Gasteiger partial charge is 0.384 e. The Morgan fingerprint density at radius 3 is 2.65 bits per heavy atom. The molecule has 5 heteroatoms. The maximum Gasteiger partial charge on any atom is 0.222 e. The fourth-order valence-corrected chi connectivity index (χ4v) is 2.13. The van der Waals surface area contributed by atoms with Gasteiger partial charge in [0, 0.05) is 42.1 Å². The molecule has 20 heavy (non-hydrogen) atoms. The van der Waals surface area contributed by atoms with Crippen molar-refractivity contribution in [3.63, 3.8) is 0 Å². The van der Waals surface area contributed by atoms with Gasteiger partial charge < -0.3 is 10.6 Å². The summed E-state index contributed by atoms with van der Waals surface area (Å²) in [5.41, 5.74) is 2.04. The van der Waals surface area contributed by atoms with Gasteiger partial charge in [0.15, 0.2) is 0 Å². The highest BCUT2D eigenvalue weighted by molar-refractivity contribution is 9.10. The van der Waals surface area contributed by atoms with Gasteiger partial charge in [-0.05, 0) is 45.8 Å². The Balaban J connectivity index is 1.69. The summed E-state index contributed by atoms with van der Waals surface area (Å²) in [7, 11) is 0. The zero-order valence-electron chi connectivity index (χ0n) is 11.0. The Kier molecular flexibility index (Phi) is 5.55. The van der Waals surface area contributed by atoms with Gasteiger partial charge in [-0.2, -0.15) is 0 Å². The monoisotopic (exact) mass is 333 g/mol. The van der Waals surface area contributed by atoms with E-state index in [9.17, 15) is 4.79 Å². The minimum atomic E-state index is 0.0290. The van der Waals surface area contributed by atoms with Crippen molar-refractivity contribution in [1.29, 1.82) is 0 Å². The minimum Gasteiger partial charge on any atom is -0.384 e. The average molecular weight is 334 g/mol. The zero-order chi connectivity index (χ0) is 14.2. The fourth-order valence-electron chi connectivity index (χ4n) is 1.70. The van der Waals surface area contributed by atoms with E-state index in [-0.39, 0.29) is 5.91 Å². The van der Waals surface area contributed by atoms with E-state index in [0.29, 0.717) is 19.5 Å². The molecule has 0 aliphatic carbocycles. The maximum atomic E-state index is 11.7. The minimum absolute atomic E-state index is 0.0290. The first kappa shape index (κ1) is 14.5. The van der Waals surface area contributed by atoms with E-state index in [2.05, 4.69) is 31.5 Å². The van der Waals surface area contributed by atoms with E-state index in [4.69, 9.17) is 0 Å². The Labute approximate surface area is 126 Å². The fraction of sp³-hybridized carbons (Fsp3) is 0.200. The van der Waals surface area contributed by atoms with Crippen LogP contribution in [0.3, 0.4) is 0 Å². The van der Waals surface area contributed by atoms with Gasteiger partial charge in [-0.1, -0.05) is 12.1 Å². The number of carbonyl (C=O) groups is 1. The molecule has 2 N–H and O–H groups in total. The van der Waals surface area contributed by atoms with Gasteiger partial charge >= 0.3 is 0 Å². The normalized spacial score (nSPS) is 10.1. The number of para-hydroxylation sites is 1. The van der Waals surface area contributed by atoms with Gasteiger partial charge in [0.1, 0.15) is 0 Å². The van der Waals surface area contributed by atoms with Gasteiger partial charge in [0.2, 0.25) is 5.91 Å². The molecule has 0 aliphatic rings. The Hall–Kier alpha value is -1.88. The van der Waals surface area contributed by atoms with E-state index < -0.39 is 0 Å². The SMILES string of the molecule is O=C(CCNc1ccccc1Br)NCc1ccncc1. The lowest BCUT2D eigenvalue weighted by atomic mass is 10.2. The summed E-state index contributed by atoms with van der Waals surface area (Å²) in [4.78, 5) is 15.6. The predicted molar refractivity (Wildman–Crippen MR) is 83.3 cm³/mol. The van der Waals surface area contributed by atoms with Crippen LogP contribution >= 0.6 is 15.9 Å². The van der Waals surface area contributed by atoms with Crippen molar-refractivity contribution in [3.05, 3.63) is 58.8 Å². The molecular formula is C15H16BrN3O. The van der Waals surface area contributed by atoms with Crippen LogP contribution in [0.2, 0.25) is 0 Å². The van der Waals surface area contributed by atoms with Crippen LogP contribution < -0.4 is 10.6 Å². The second-order valence-electron chi connectivity index (χ2n) is 4.29. The summed E-state index contributed by atoms with van der Waals surface area (Å²) < 4.78 is 0.997. The molecule has 1 amide bonds. The van der Waals surface area contributed by atoms with Crippen LogP contribution in [-0.2, 0) is 11.3 Å². The molecule has 0 unspecified atom stereocenters. The summed E-state index contributed by atoms with van der Waals surface area (Å²) in [6.07, 6.45) is 3.87. The third-order valence-electron chi connectivity index (χ3n) is 2.78. The molecule has 0 saturated heterocycles. The summed E-state index contributed by atoms with van der Waals surface area (Å²) in [6, 6.07) is 11.6. The van der Waals surface area contributed by atoms with Crippen molar-refractivity contribution in [2.45, 2.75) is 13.0 Å². The number of amides is 1. The Morgan fingerprint density at radius 1 is 1.15 bits per heavy atom. The molecule has 104 valence electrons. The molecule has 0 spiro atoms. The van der Waals surface area contributed by atoms with Crippen LogP contribution in [0.15, 0.2) is 53.3 Å². The summed E-state index contributed by atoms with van der Waals surface area (Å²) in [5, 5.41) is 6.11. The first-order valence-corrected chi connectivity index (χ1v) is 7.19. The number of anilines is 1. The second-order valence-corrected chi connectivity index (χ2v) is 5.14. The number of benzene rings is 1. The first-order valence-electron chi connectivity index (χ1n) is 6.40. The highest BCUT2D eigenvalue weighted by Gasteiger charge is 2.02. The van der Waals surface area contributed by atoms with Crippen molar-refractivity contribution in [1.82, 2.24) is 10.3 Å². The maximum absolute atomic E-state index is 11.7. The first-order chi connectivity index (χ1) is 9.75. The van der Waals surface area contributed by atoms with E-state index >= 15 is 0 Å². The van der Waals surface area contributed by atoms with Gasteiger partial charge in [0.05, 0.1) is 0 Å². The topological polar surface area (TPSA) is 54.0 Å². The van der Waals surface area contributed by atoms with Gasteiger partial charge in [-0.25, -0.2) is 0 Å². The number of nitrogens with zero attached hydrogens (tertiary/aromatic N) is 1. The second kappa shape index (κ2) is 7.65.